The Bertz CT molecular complexity index is 569. The van der Waals surface area contributed by atoms with Crippen LogP contribution in [0.25, 0.3) is 0 Å². The average Bonchev–Trinajstić information content (AvgIpc) is 2.42. The highest BCUT2D eigenvalue weighted by Gasteiger charge is 2.08. The first-order valence-corrected chi connectivity index (χ1v) is 6.71. The number of halogens is 1. The number of amides is 1. The topological polar surface area (TPSA) is 68.0 Å². The van der Waals surface area contributed by atoms with E-state index in [4.69, 9.17) is 5.73 Å². The molecule has 19 heavy (non-hydrogen) atoms. The van der Waals surface area contributed by atoms with Crippen LogP contribution in [0, 0.1) is 0 Å². The first-order chi connectivity index (χ1) is 9.20. The van der Waals surface area contributed by atoms with Crippen molar-refractivity contribution in [3.8, 4) is 0 Å². The lowest BCUT2D eigenvalue weighted by atomic mass is 10.1. The number of aromatic nitrogens is 1. The number of rotatable bonds is 4. The zero-order chi connectivity index (χ0) is 13.7. The molecule has 0 fully saturated rings. The molecule has 0 aliphatic carbocycles. The van der Waals surface area contributed by atoms with Crippen molar-refractivity contribution in [2.24, 2.45) is 5.73 Å². The van der Waals surface area contributed by atoms with Gasteiger partial charge in [-0.05, 0) is 58.7 Å². The van der Waals surface area contributed by atoms with Crippen molar-refractivity contribution in [3.63, 3.8) is 0 Å². The molecule has 2 rings (SSSR count). The molecule has 2 aromatic rings. The van der Waals surface area contributed by atoms with Crippen LogP contribution in [-0.2, 0) is 6.42 Å². The molecule has 0 saturated carbocycles. The molecular weight excluding hydrogens is 306 g/mol. The highest BCUT2D eigenvalue weighted by molar-refractivity contribution is 9.10. The molecule has 5 heteroatoms. The molecule has 0 aliphatic heterocycles. The van der Waals surface area contributed by atoms with Crippen LogP contribution >= 0.6 is 15.9 Å². The van der Waals surface area contributed by atoms with Crippen molar-refractivity contribution in [2.75, 3.05) is 11.9 Å². The summed E-state index contributed by atoms with van der Waals surface area (Å²) in [5, 5.41) is 2.80. The van der Waals surface area contributed by atoms with Gasteiger partial charge in [0, 0.05) is 11.8 Å². The smallest absolute Gasteiger partial charge is 0.255 e. The van der Waals surface area contributed by atoms with Gasteiger partial charge in [0.1, 0.15) is 4.60 Å². The van der Waals surface area contributed by atoms with Gasteiger partial charge in [0.2, 0.25) is 0 Å². The van der Waals surface area contributed by atoms with Gasteiger partial charge in [-0.3, -0.25) is 4.79 Å². The number of hydrogen-bond acceptors (Lipinski definition) is 3. The third-order valence-electron chi connectivity index (χ3n) is 2.66. The number of nitrogens with two attached hydrogens (primary N) is 1. The lowest BCUT2D eigenvalue weighted by molar-refractivity contribution is 0.102. The van der Waals surface area contributed by atoms with E-state index in [1.54, 1.807) is 30.5 Å². The highest BCUT2D eigenvalue weighted by Crippen LogP contribution is 2.19. The Morgan fingerprint density at radius 2 is 2.00 bits per heavy atom. The van der Waals surface area contributed by atoms with Crippen molar-refractivity contribution >= 4 is 27.5 Å². The summed E-state index contributed by atoms with van der Waals surface area (Å²) in [6.07, 6.45) is 2.47. The lowest BCUT2D eigenvalue weighted by Crippen LogP contribution is -2.12. The van der Waals surface area contributed by atoms with E-state index in [9.17, 15) is 4.79 Å². The van der Waals surface area contributed by atoms with Gasteiger partial charge in [0.25, 0.3) is 5.91 Å². The Kier molecular flexibility index (Phi) is 4.65. The van der Waals surface area contributed by atoms with Gasteiger partial charge in [-0.2, -0.15) is 0 Å². The fourth-order valence-electron chi connectivity index (χ4n) is 1.66. The number of nitrogens with one attached hydrogen (secondary N) is 1. The normalized spacial score (nSPS) is 10.2. The van der Waals surface area contributed by atoms with Crippen molar-refractivity contribution < 1.29 is 4.79 Å². The van der Waals surface area contributed by atoms with Crippen LogP contribution in [0.3, 0.4) is 0 Å². The van der Waals surface area contributed by atoms with E-state index in [1.165, 1.54) is 0 Å². The van der Waals surface area contributed by atoms with Gasteiger partial charge in [0.15, 0.2) is 0 Å². The molecule has 98 valence electrons. The fraction of sp³-hybridized carbons (Fsp3) is 0.143. The minimum Gasteiger partial charge on any atom is -0.330 e. The van der Waals surface area contributed by atoms with Crippen molar-refractivity contribution in [1.29, 1.82) is 0 Å². The Morgan fingerprint density at radius 3 is 2.63 bits per heavy atom. The predicted molar refractivity (Wildman–Crippen MR) is 79.1 cm³/mol. The van der Waals surface area contributed by atoms with Crippen LogP contribution in [0.1, 0.15) is 15.9 Å². The highest BCUT2D eigenvalue weighted by atomic mass is 79.9. The van der Waals surface area contributed by atoms with E-state index in [0.29, 0.717) is 22.4 Å². The van der Waals surface area contributed by atoms with Gasteiger partial charge in [-0.1, -0.05) is 12.1 Å². The SMILES string of the molecule is NCCc1ccc(C(=O)Nc2cccnc2Br)cc1. The first-order valence-electron chi connectivity index (χ1n) is 5.91. The van der Waals surface area contributed by atoms with Crippen molar-refractivity contribution in [1.82, 2.24) is 4.98 Å². The molecule has 4 nitrogen and oxygen atoms in total. The third kappa shape index (κ3) is 3.62. The number of hydrogen-bond donors (Lipinski definition) is 2. The monoisotopic (exact) mass is 319 g/mol. The molecular formula is C14H14BrN3O. The van der Waals surface area contributed by atoms with Crippen LogP contribution < -0.4 is 11.1 Å². The van der Waals surface area contributed by atoms with Gasteiger partial charge in [-0.15, -0.1) is 0 Å². The maximum Gasteiger partial charge on any atom is 0.255 e. The summed E-state index contributed by atoms with van der Waals surface area (Å²) in [5.74, 6) is -0.159. The lowest BCUT2D eigenvalue weighted by Gasteiger charge is -2.07. The Balaban J connectivity index is 2.10. The molecule has 0 unspecified atom stereocenters. The molecule has 3 N–H and O–H groups in total. The summed E-state index contributed by atoms with van der Waals surface area (Å²) in [5.41, 5.74) is 7.87. The number of pyridine rings is 1. The van der Waals surface area contributed by atoms with Crippen molar-refractivity contribution in [3.05, 3.63) is 58.3 Å². The maximum absolute atomic E-state index is 12.1. The maximum atomic E-state index is 12.1. The van der Waals surface area contributed by atoms with Crippen LogP contribution in [-0.4, -0.2) is 17.4 Å². The van der Waals surface area contributed by atoms with Gasteiger partial charge in [0.05, 0.1) is 5.69 Å². The zero-order valence-corrected chi connectivity index (χ0v) is 11.9. The summed E-state index contributed by atoms with van der Waals surface area (Å²) < 4.78 is 0.614. The first kappa shape index (κ1) is 13.7. The van der Waals surface area contributed by atoms with E-state index >= 15 is 0 Å². The second-order valence-electron chi connectivity index (χ2n) is 4.03. The van der Waals surface area contributed by atoms with Crippen LogP contribution in [0.4, 0.5) is 5.69 Å². The minimum absolute atomic E-state index is 0.159. The molecule has 0 aliphatic rings. The zero-order valence-electron chi connectivity index (χ0n) is 10.3. The summed E-state index contributed by atoms with van der Waals surface area (Å²) in [4.78, 5) is 16.1. The largest absolute Gasteiger partial charge is 0.330 e. The molecule has 1 amide bonds. The molecule has 1 aromatic carbocycles. The van der Waals surface area contributed by atoms with Gasteiger partial charge >= 0.3 is 0 Å². The van der Waals surface area contributed by atoms with Crippen LogP contribution in [0.15, 0.2) is 47.2 Å². The van der Waals surface area contributed by atoms with E-state index in [-0.39, 0.29) is 5.91 Å². The predicted octanol–water partition coefficient (Wildman–Crippen LogP) is 2.60. The van der Waals surface area contributed by atoms with Crippen molar-refractivity contribution in [2.45, 2.75) is 6.42 Å². The Hall–Kier alpha value is -1.72. The molecule has 0 radical (unpaired) electrons. The number of benzene rings is 1. The summed E-state index contributed by atoms with van der Waals surface area (Å²) in [6.45, 7) is 0.605. The van der Waals surface area contributed by atoms with E-state index in [0.717, 1.165) is 12.0 Å². The molecule has 0 atom stereocenters. The minimum atomic E-state index is -0.159. The quantitative estimate of drug-likeness (QED) is 0.851. The van der Waals surface area contributed by atoms with Gasteiger partial charge in [-0.25, -0.2) is 4.98 Å². The fourth-order valence-corrected chi connectivity index (χ4v) is 2.01. The number of nitrogens with zero attached hydrogens (tertiary/aromatic N) is 1. The van der Waals surface area contributed by atoms with E-state index in [2.05, 4.69) is 26.2 Å². The summed E-state index contributed by atoms with van der Waals surface area (Å²) in [7, 11) is 0. The molecule has 0 bridgehead atoms. The Labute approximate surface area is 120 Å². The second-order valence-corrected chi connectivity index (χ2v) is 4.78. The van der Waals surface area contributed by atoms with Crippen LogP contribution in [0.2, 0.25) is 0 Å². The molecule has 0 saturated heterocycles. The van der Waals surface area contributed by atoms with Crippen LogP contribution in [0.5, 0.6) is 0 Å². The summed E-state index contributed by atoms with van der Waals surface area (Å²) in [6, 6.07) is 11.0. The number of carbonyl (C=O) groups excluding carboxylic acids is 1. The Morgan fingerprint density at radius 1 is 1.26 bits per heavy atom. The molecule has 1 aromatic heterocycles. The third-order valence-corrected chi connectivity index (χ3v) is 3.29. The standard InChI is InChI=1S/C14H14BrN3O/c15-13-12(2-1-9-17-13)18-14(19)11-5-3-10(4-6-11)7-8-16/h1-6,9H,7-8,16H2,(H,18,19). The average molecular weight is 320 g/mol. The van der Waals surface area contributed by atoms with E-state index < -0.39 is 0 Å². The van der Waals surface area contributed by atoms with Gasteiger partial charge < -0.3 is 11.1 Å². The summed E-state index contributed by atoms with van der Waals surface area (Å²) >= 11 is 3.29. The molecule has 1 heterocycles. The number of anilines is 1. The molecule has 0 spiro atoms. The number of carbonyl (C=O) groups is 1. The second kappa shape index (κ2) is 6.45. The van der Waals surface area contributed by atoms with E-state index in [1.807, 2.05) is 12.1 Å².